The average molecular weight is 204 g/mol. The first-order chi connectivity index (χ1) is 7.22. The lowest BCUT2D eigenvalue weighted by Gasteiger charge is -2.15. The van der Waals surface area contributed by atoms with E-state index in [0.29, 0.717) is 6.04 Å². The zero-order chi connectivity index (χ0) is 11.1. The van der Waals surface area contributed by atoms with E-state index in [1.807, 2.05) is 19.4 Å². The molecule has 0 aromatic carbocycles. The lowest BCUT2D eigenvalue weighted by Crippen LogP contribution is -2.25. The van der Waals surface area contributed by atoms with Crippen LogP contribution < -0.4 is 5.32 Å². The predicted molar refractivity (Wildman–Crippen MR) is 64.8 cm³/mol. The minimum Gasteiger partial charge on any atom is -0.317 e. The Morgan fingerprint density at radius 2 is 2.13 bits per heavy atom. The fraction of sp³-hybridized carbons (Fsp3) is 0.462. The van der Waals surface area contributed by atoms with Crippen LogP contribution in [0.4, 0.5) is 0 Å². The number of hydrogen-bond donors (Lipinski definition) is 1. The van der Waals surface area contributed by atoms with Gasteiger partial charge in [0.25, 0.3) is 0 Å². The molecule has 1 N–H and O–H groups in total. The summed E-state index contributed by atoms with van der Waals surface area (Å²) in [5.74, 6) is 0. The molecule has 2 nitrogen and oxygen atoms in total. The second kappa shape index (κ2) is 6.36. The molecule has 0 radical (unpaired) electrons. The quantitative estimate of drug-likeness (QED) is 0.720. The van der Waals surface area contributed by atoms with E-state index < -0.39 is 0 Å². The van der Waals surface area contributed by atoms with Gasteiger partial charge in [0.05, 0.1) is 0 Å². The van der Waals surface area contributed by atoms with Gasteiger partial charge in [-0.2, -0.15) is 0 Å². The minimum atomic E-state index is 0.538. The first kappa shape index (κ1) is 11.9. The zero-order valence-corrected chi connectivity index (χ0v) is 9.66. The van der Waals surface area contributed by atoms with Gasteiger partial charge in [-0.15, -0.1) is 6.58 Å². The maximum Gasteiger partial charge on any atom is 0.0270 e. The van der Waals surface area contributed by atoms with E-state index in [4.69, 9.17) is 0 Å². The lowest BCUT2D eigenvalue weighted by atomic mass is 10.0. The molecule has 0 spiro atoms. The van der Waals surface area contributed by atoms with E-state index in [1.165, 1.54) is 11.1 Å². The van der Waals surface area contributed by atoms with Crippen LogP contribution in [0.5, 0.6) is 0 Å². The molecule has 0 saturated carbocycles. The van der Waals surface area contributed by atoms with Crippen molar-refractivity contribution in [1.82, 2.24) is 10.3 Å². The Labute approximate surface area is 92.4 Å². The van der Waals surface area contributed by atoms with Crippen LogP contribution >= 0.6 is 0 Å². The molecule has 15 heavy (non-hydrogen) atoms. The molecule has 1 aromatic rings. The van der Waals surface area contributed by atoms with Crippen LogP contribution in [-0.4, -0.2) is 18.1 Å². The molecule has 1 aromatic heterocycles. The molecule has 0 aliphatic heterocycles. The lowest BCUT2D eigenvalue weighted by molar-refractivity contribution is 0.519. The second-order valence-corrected chi connectivity index (χ2v) is 4.04. The number of aryl methyl sites for hydroxylation is 1. The molecule has 1 unspecified atom stereocenters. The normalized spacial score (nSPS) is 12.4. The van der Waals surface area contributed by atoms with Crippen molar-refractivity contribution in [3.05, 3.63) is 42.2 Å². The predicted octanol–water partition coefficient (Wildman–Crippen LogP) is 2.57. The fourth-order valence-electron chi connectivity index (χ4n) is 1.66. The third-order valence-corrected chi connectivity index (χ3v) is 2.53. The Morgan fingerprint density at radius 3 is 2.67 bits per heavy atom. The van der Waals surface area contributed by atoms with Crippen LogP contribution in [-0.2, 0) is 6.42 Å². The van der Waals surface area contributed by atoms with E-state index in [0.717, 1.165) is 19.3 Å². The van der Waals surface area contributed by atoms with Gasteiger partial charge in [0.2, 0.25) is 0 Å². The van der Waals surface area contributed by atoms with Gasteiger partial charge in [-0.3, -0.25) is 4.98 Å². The summed E-state index contributed by atoms with van der Waals surface area (Å²) >= 11 is 0. The summed E-state index contributed by atoms with van der Waals surface area (Å²) in [6.07, 6.45) is 7.00. The molecule has 0 amide bonds. The average Bonchev–Trinajstić information content (AvgIpc) is 2.25. The monoisotopic (exact) mass is 204 g/mol. The fourth-order valence-corrected chi connectivity index (χ4v) is 1.66. The Hall–Kier alpha value is -1.15. The van der Waals surface area contributed by atoms with Gasteiger partial charge < -0.3 is 5.32 Å². The van der Waals surface area contributed by atoms with Crippen molar-refractivity contribution in [3.8, 4) is 0 Å². The van der Waals surface area contributed by atoms with E-state index in [1.54, 1.807) is 0 Å². The third kappa shape index (κ3) is 4.75. The van der Waals surface area contributed by atoms with Crippen LogP contribution in [0, 0.1) is 0 Å². The molecule has 1 heterocycles. The number of rotatable bonds is 6. The number of hydrogen-bond acceptors (Lipinski definition) is 2. The summed E-state index contributed by atoms with van der Waals surface area (Å²) in [4.78, 5) is 4.01. The van der Waals surface area contributed by atoms with E-state index in [-0.39, 0.29) is 0 Å². The van der Waals surface area contributed by atoms with Crippen molar-refractivity contribution in [2.75, 3.05) is 7.05 Å². The van der Waals surface area contributed by atoms with Crippen LogP contribution in [0.1, 0.15) is 25.3 Å². The molecule has 0 aliphatic rings. The molecule has 0 saturated heterocycles. The summed E-state index contributed by atoms with van der Waals surface area (Å²) in [5, 5.41) is 3.33. The van der Waals surface area contributed by atoms with Gasteiger partial charge in [-0.1, -0.05) is 5.57 Å². The summed E-state index contributed by atoms with van der Waals surface area (Å²) in [7, 11) is 2.01. The highest BCUT2D eigenvalue weighted by molar-refractivity contribution is 5.10. The summed E-state index contributed by atoms with van der Waals surface area (Å²) < 4.78 is 0. The summed E-state index contributed by atoms with van der Waals surface area (Å²) in [5.41, 5.74) is 2.59. The highest BCUT2D eigenvalue weighted by atomic mass is 14.9. The van der Waals surface area contributed by atoms with Crippen molar-refractivity contribution in [1.29, 1.82) is 0 Å². The first-order valence-corrected chi connectivity index (χ1v) is 5.43. The molecule has 1 rings (SSSR count). The Bertz CT molecular complexity index is 293. The van der Waals surface area contributed by atoms with Gasteiger partial charge in [0.1, 0.15) is 0 Å². The summed E-state index contributed by atoms with van der Waals surface area (Å²) in [6, 6.07) is 4.69. The van der Waals surface area contributed by atoms with Gasteiger partial charge in [0.15, 0.2) is 0 Å². The smallest absolute Gasteiger partial charge is 0.0270 e. The molecular weight excluding hydrogens is 184 g/mol. The third-order valence-electron chi connectivity index (χ3n) is 2.53. The van der Waals surface area contributed by atoms with Crippen LogP contribution in [0.3, 0.4) is 0 Å². The maximum absolute atomic E-state index is 4.01. The Kier molecular flexibility index (Phi) is 5.05. The van der Waals surface area contributed by atoms with Gasteiger partial charge in [-0.05, 0) is 50.9 Å². The van der Waals surface area contributed by atoms with Crippen molar-refractivity contribution in [2.24, 2.45) is 0 Å². The van der Waals surface area contributed by atoms with Gasteiger partial charge in [-0.25, -0.2) is 0 Å². The van der Waals surface area contributed by atoms with Crippen molar-refractivity contribution < 1.29 is 0 Å². The number of nitrogens with one attached hydrogen (secondary N) is 1. The van der Waals surface area contributed by atoms with Crippen molar-refractivity contribution >= 4 is 0 Å². The van der Waals surface area contributed by atoms with Crippen molar-refractivity contribution in [2.45, 2.75) is 32.2 Å². The standard InChI is InChI=1S/C13H20N2/c1-11(2)10-13(14-3)5-4-12-6-8-15-9-7-12/h6-9,13-14H,1,4-5,10H2,2-3H3. The van der Waals surface area contributed by atoms with Crippen LogP contribution in [0.2, 0.25) is 0 Å². The van der Waals surface area contributed by atoms with E-state index in [9.17, 15) is 0 Å². The molecule has 82 valence electrons. The molecular formula is C13H20N2. The van der Waals surface area contributed by atoms with Crippen LogP contribution in [0.25, 0.3) is 0 Å². The Morgan fingerprint density at radius 1 is 1.47 bits per heavy atom. The molecule has 1 atom stereocenters. The number of pyridine rings is 1. The Balaban J connectivity index is 2.37. The molecule has 0 fully saturated rings. The zero-order valence-electron chi connectivity index (χ0n) is 9.66. The second-order valence-electron chi connectivity index (χ2n) is 4.04. The highest BCUT2D eigenvalue weighted by Crippen LogP contribution is 2.09. The molecule has 2 heteroatoms. The number of nitrogens with zero attached hydrogens (tertiary/aromatic N) is 1. The highest BCUT2D eigenvalue weighted by Gasteiger charge is 2.05. The molecule has 0 aliphatic carbocycles. The molecule has 0 bridgehead atoms. The minimum absolute atomic E-state index is 0.538. The van der Waals surface area contributed by atoms with E-state index in [2.05, 4.69) is 35.9 Å². The van der Waals surface area contributed by atoms with Crippen molar-refractivity contribution in [3.63, 3.8) is 0 Å². The topological polar surface area (TPSA) is 24.9 Å². The number of aromatic nitrogens is 1. The van der Waals surface area contributed by atoms with Crippen LogP contribution in [0.15, 0.2) is 36.7 Å². The largest absolute Gasteiger partial charge is 0.317 e. The maximum atomic E-state index is 4.01. The van der Waals surface area contributed by atoms with E-state index >= 15 is 0 Å². The SMILES string of the molecule is C=C(C)CC(CCc1ccncc1)NC. The van der Waals surface area contributed by atoms with Gasteiger partial charge in [0, 0.05) is 18.4 Å². The first-order valence-electron chi connectivity index (χ1n) is 5.43. The summed E-state index contributed by atoms with van der Waals surface area (Å²) in [6.45, 7) is 6.03. The van der Waals surface area contributed by atoms with Gasteiger partial charge >= 0.3 is 0 Å².